The number of rotatable bonds is 6. The summed E-state index contributed by atoms with van der Waals surface area (Å²) in [5.41, 5.74) is 1.94. The van der Waals surface area contributed by atoms with Gasteiger partial charge in [-0.15, -0.1) is 0 Å². The Morgan fingerprint density at radius 1 is 1.16 bits per heavy atom. The maximum atomic E-state index is 12.6. The van der Waals surface area contributed by atoms with Crippen LogP contribution in [0.1, 0.15) is 23.0 Å². The van der Waals surface area contributed by atoms with E-state index in [4.69, 9.17) is 4.74 Å². The summed E-state index contributed by atoms with van der Waals surface area (Å²) in [7, 11) is 3.55. The van der Waals surface area contributed by atoms with Gasteiger partial charge in [-0.1, -0.05) is 42.5 Å². The number of methoxy groups -OCH3 is 1. The lowest BCUT2D eigenvalue weighted by molar-refractivity contribution is -0.121. The molecule has 0 aliphatic rings. The van der Waals surface area contributed by atoms with E-state index in [1.807, 2.05) is 72.4 Å². The van der Waals surface area contributed by atoms with Gasteiger partial charge in [-0.25, -0.2) is 4.98 Å². The number of nitrogens with one attached hydrogen (secondary N) is 1. The fourth-order valence-electron chi connectivity index (χ4n) is 2.74. The molecule has 0 unspecified atom stereocenters. The second kappa shape index (κ2) is 7.66. The van der Waals surface area contributed by atoms with Crippen molar-refractivity contribution in [2.75, 3.05) is 7.11 Å². The van der Waals surface area contributed by atoms with Crippen molar-refractivity contribution in [1.82, 2.24) is 14.9 Å². The van der Waals surface area contributed by atoms with Gasteiger partial charge in [0.05, 0.1) is 13.5 Å². The molecule has 0 fully saturated rings. The number of carbonyl (C=O) groups is 1. The summed E-state index contributed by atoms with van der Waals surface area (Å²) in [4.78, 5) is 17.0. The molecule has 5 nitrogen and oxygen atoms in total. The number of aromatic nitrogens is 2. The third kappa shape index (κ3) is 4.07. The van der Waals surface area contributed by atoms with Gasteiger partial charge in [-0.3, -0.25) is 4.79 Å². The Balaban J connectivity index is 1.78. The van der Waals surface area contributed by atoms with E-state index in [2.05, 4.69) is 10.3 Å². The van der Waals surface area contributed by atoms with E-state index in [1.54, 1.807) is 13.3 Å². The Bertz CT molecular complexity index is 826. The number of carbonyl (C=O) groups excluding carboxylic acids is 1. The molecule has 2 aromatic carbocycles. The van der Waals surface area contributed by atoms with Crippen molar-refractivity contribution in [1.29, 1.82) is 0 Å². The highest BCUT2D eigenvalue weighted by Crippen LogP contribution is 2.20. The number of hydrogen-bond acceptors (Lipinski definition) is 3. The van der Waals surface area contributed by atoms with Gasteiger partial charge in [0.2, 0.25) is 5.91 Å². The van der Waals surface area contributed by atoms with Crippen molar-refractivity contribution < 1.29 is 9.53 Å². The number of ether oxygens (including phenoxy) is 1. The van der Waals surface area contributed by atoms with Gasteiger partial charge in [0, 0.05) is 19.4 Å². The Hall–Kier alpha value is -3.08. The molecule has 5 heteroatoms. The maximum Gasteiger partial charge on any atom is 0.225 e. The zero-order valence-electron chi connectivity index (χ0n) is 14.3. The molecule has 1 heterocycles. The number of hydrogen-bond donors (Lipinski definition) is 1. The Kier molecular flexibility index (Phi) is 5.14. The van der Waals surface area contributed by atoms with Crippen LogP contribution in [-0.2, 0) is 18.3 Å². The first kappa shape index (κ1) is 16.8. The van der Waals surface area contributed by atoms with Crippen molar-refractivity contribution in [3.63, 3.8) is 0 Å². The largest absolute Gasteiger partial charge is 0.497 e. The topological polar surface area (TPSA) is 56.1 Å². The van der Waals surface area contributed by atoms with Crippen LogP contribution >= 0.6 is 0 Å². The maximum absolute atomic E-state index is 12.6. The number of nitrogens with zero attached hydrogens (tertiary/aromatic N) is 2. The minimum absolute atomic E-state index is 0.0537. The molecule has 0 aliphatic heterocycles. The average Bonchev–Trinajstić information content (AvgIpc) is 3.07. The molecule has 128 valence electrons. The third-order valence-electron chi connectivity index (χ3n) is 4.08. The molecule has 3 rings (SSSR count). The van der Waals surface area contributed by atoms with E-state index in [0.717, 1.165) is 22.7 Å². The fraction of sp³-hybridized carbons (Fsp3) is 0.200. The number of benzene rings is 2. The third-order valence-corrected chi connectivity index (χ3v) is 4.08. The van der Waals surface area contributed by atoms with E-state index in [9.17, 15) is 4.79 Å². The van der Waals surface area contributed by atoms with Gasteiger partial charge in [0.1, 0.15) is 17.6 Å². The molecular formula is C20H21N3O2. The van der Waals surface area contributed by atoms with Crippen LogP contribution in [-0.4, -0.2) is 22.6 Å². The zero-order chi connectivity index (χ0) is 17.6. The summed E-state index contributed by atoms with van der Waals surface area (Å²) in [6.07, 6.45) is 3.92. The van der Waals surface area contributed by atoms with Crippen LogP contribution in [0.25, 0.3) is 0 Å². The lowest BCUT2D eigenvalue weighted by Gasteiger charge is -2.19. The molecule has 1 aromatic heterocycles. The molecule has 0 radical (unpaired) electrons. The van der Waals surface area contributed by atoms with E-state index in [-0.39, 0.29) is 11.9 Å². The molecule has 1 N–H and O–H groups in total. The van der Waals surface area contributed by atoms with Crippen molar-refractivity contribution in [3.8, 4) is 5.75 Å². The normalized spacial score (nSPS) is 11.8. The Labute approximate surface area is 147 Å². The lowest BCUT2D eigenvalue weighted by atomic mass is 10.1. The highest BCUT2D eigenvalue weighted by atomic mass is 16.5. The molecule has 0 spiro atoms. The molecule has 3 aromatic rings. The summed E-state index contributed by atoms with van der Waals surface area (Å²) < 4.78 is 7.07. The second-order valence-electron chi connectivity index (χ2n) is 5.83. The van der Waals surface area contributed by atoms with Crippen molar-refractivity contribution in [2.45, 2.75) is 12.5 Å². The molecule has 0 saturated heterocycles. The molecule has 1 atom stereocenters. The molecule has 1 amide bonds. The summed E-state index contributed by atoms with van der Waals surface area (Å²) in [6, 6.07) is 17.1. The van der Waals surface area contributed by atoms with Crippen LogP contribution in [0.4, 0.5) is 0 Å². The fourth-order valence-corrected chi connectivity index (χ4v) is 2.74. The minimum atomic E-state index is -0.285. The predicted octanol–water partition coefficient (Wildman–Crippen LogP) is 2.88. The highest BCUT2D eigenvalue weighted by molar-refractivity contribution is 5.79. The quantitative estimate of drug-likeness (QED) is 0.753. The highest BCUT2D eigenvalue weighted by Gasteiger charge is 2.20. The second-order valence-corrected chi connectivity index (χ2v) is 5.83. The molecule has 0 bridgehead atoms. The number of imidazole rings is 1. The predicted molar refractivity (Wildman–Crippen MR) is 96.3 cm³/mol. The molecular weight excluding hydrogens is 314 g/mol. The first-order valence-corrected chi connectivity index (χ1v) is 8.12. The molecule has 25 heavy (non-hydrogen) atoms. The number of amides is 1. The Morgan fingerprint density at radius 3 is 2.48 bits per heavy atom. The van der Waals surface area contributed by atoms with E-state index < -0.39 is 0 Å². The van der Waals surface area contributed by atoms with E-state index >= 15 is 0 Å². The summed E-state index contributed by atoms with van der Waals surface area (Å²) >= 11 is 0. The van der Waals surface area contributed by atoms with Gasteiger partial charge >= 0.3 is 0 Å². The van der Waals surface area contributed by atoms with Gasteiger partial charge in [-0.2, -0.15) is 0 Å². The van der Waals surface area contributed by atoms with Crippen LogP contribution in [0.15, 0.2) is 67.0 Å². The molecule has 0 aliphatic carbocycles. The first-order valence-electron chi connectivity index (χ1n) is 8.12. The van der Waals surface area contributed by atoms with Crippen molar-refractivity contribution in [2.24, 2.45) is 7.05 Å². The van der Waals surface area contributed by atoms with E-state index in [1.165, 1.54) is 0 Å². The first-order chi connectivity index (χ1) is 12.2. The SMILES string of the molecule is COc1ccc(CC(=O)N[C@H](c2ccccc2)c2nccn2C)cc1. The summed E-state index contributed by atoms with van der Waals surface area (Å²) in [5.74, 6) is 1.52. The lowest BCUT2D eigenvalue weighted by Crippen LogP contribution is -2.32. The van der Waals surface area contributed by atoms with Crippen LogP contribution < -0.4 is 10.1 Å². The van der Waals surface area contributed by atoms with Crippen LogP contribution in [0.3, 0.4) is 0 Å². The van der Waals surface area contributed by atoms with Crippen LogP contribution in [0.2, 0.25) is 0 Å². The van der Waals surface area contributed by atoms with E-state index in [0.29, 0.717) is 6.42 Å². The van der Waals surface area contributed by atoms with Gasteiger partial charge < -0.3 is 14.6 Å². The van der Waals surface area contributed by atoms with Gasteiger partial charge in [-0.05, 0) is 23.3 Å². The van der Waals surface area contributed by atoms with Crippen LogP contribution in [0.5, 0.6) is 5.75 Å². The van der Waals surface area contributed by atoms with Crippen LogP contribution in [0, 0.1) is 0 Å². The van der Waals surface area contributed by atoms with Gasteiger partial charge in [0.25, 0.3) is 0 Å². The Morgan fingerprint density at radius 2 is 1.88 bits per heavy atom. The standard InChI is InChI=1S/C20H21N3O2/c1-23-13-12-21-20(23)19(16-6-4-3-5-7-16)22-18(24)14-15-8-10-17(25-2)11-9-15/h3-13,19H,14H2,1-2H3,(H,22,24)/t19-/m1/s1. The summed E-state index contributed by atoms with van der Waals surface area (Å²) in [5, 5.41) is 3.10. The summed E-state index contributed by atoms with van der Waals surface area (Å²) in [6.45, 7) is 0. The smallest absolute Gasteiger partial charge is 0.225 e. The number of aryl methyl sites for hydroxylation is 1. The monoisotopic (exact) mass is 335 g/mol. The van der Waals surface area contributed by atoms with Crippen molar-refractivity contribution in [3.05, 3.63) is 83.9 Å². The van der Waals surface area contributed by atoms with Crippen molar-refractivity contribution >= 4 is 5.91 Å². The average molecular weight is 335 g/mol. The molecule has 0 saturated carbocycles. The van der Waals surface area contributed by atoms with Gasteiger partial charge in [0.15, 0.2) is 0 Å². The zero-order valence-corrected chi connectivity index (χ0v) is 14.3. The minimum Gasteiger partial charge on any atom is -0.497 e.